The number of amides is 1. The molecule has 0 atom stereocenters. The smallest absolute Gasteiger partial charge is 0.257 e. The van der Waals surface area contributed by atoms with E-state index in [-0.39, 0.29) is 10.6 Å². The highest BCUT2D eigenvalue weighted by Gasteiger charge is 2.19. The number of sulfonamides is 1. The van der Waals surface area contributed by atoms with E-state index in [0.717, 1.165) is 11.4 Å². The number of hydrogen-bond donors (Lipinski definition) is 2. The van der Waals surface area contributed by atoms with Gasteiger partial charge in [0.15, 0.2) is 0 Å². The third-order valence-electron chi connectivity index (χ3n) is 4.49. The number of hydrogen-bond acceptors (Lipinski definition) is 4. The molecule has 0 aliphatic carbocycles. The van der Waals surface area contributed by atoms with Gasteiger partial charge in [0.2, 0.25) is 10.0 Å². The largest absolute Gasteiger partial charge is 0.495 e. The number of methoxy groups -OCH3 is 1. The first-order valence-corrected chi connectivity index (χ1v) is 10.5. The first-order valence-electron chi connectivity index (χ1n) is 8.59. The Morgan fingerprint density at radius 3 is 2.48 bits per heavy atom. The molecule has 3 N–H and O–H groups in total. The van der Waals surface area contributed by atoms with Crippen LogP contribution in [0.4, 0.5) is 5.69 Å². The van der Waals surface area contributed by atoms with Crippen LogP contribution in [0.5, 0.6) is 5.75 Å². The molecule has 0 saturated heterocycles. The van der Waals surface area contributed by atoms with Gasteiger partial charge in [-0.05, 0) is 56.3 Å². The van der Waals surface area contributed by atoms with Crippen LogP contribution >= 0.6 is 11.6 Å². The number of halogens is 1. The van der Waals surface area contributed by atoms with Crippen molar-refractivity contribution >= 4 is 33.2 Å². The molecule has 0 aliphatic rings. The van der Waals surface area contributed by atoms with Gasteiger partial charge in [-0.15, -0.1) is 0 Å². The molecular weight excluding hydrogens is 414 g/mol. The molecule has 7 nitrogen and oxygen atoms in total. The summed E-state index contributed by atoms with van der Waals surface area (Å²) in [5.41, 5.74) is 3.03. The zero-order chi connectivity index (χ0) is 21.3. The lowest BCUT2D eigenvalue weighted by Crippen LogP contribution is -2.16. The van der Waals surface area contributed by atoms with Gasteiger partial charge in [0.1, 0.15) is 5.75 Å². The van der Waals surface area contributed by atoms with Gasteiger partial charge in [-0.25, -0.2) is 13.6 Å². The highest BCUT2D eigenvalue weighted by molar-refractivity contribution is 7.89. The minimum absolute atomic E-state index is 0.127. The summed E-state index contributed by atoms with van der Waals surface area (Å²) in [6.45, 7) is 3.70. The number of benzene rings is 2. The van der Waals surface area contributed by atoms with Crippen LogP contribution in [0.25, 0.3) is 5.69 Å². The fourth-order valence-corrected chi connectivity index (χ4v) is 3.88. The lowest BCUT2D eigenvalue weighted by molar-refractivity contribution is 0.102. The van der Waals surface area contributed by atoms with Gasteiger partial charge in [0.05, 0.1) is 23.3 Å². The van der Waals surface area contributed by atoms with Crippen molar-refractivity contribution in [2.75, 3.05) is 12.4 Å². The standard InChI is InChI=1S/C20H20ClN3O4S/c1-12-9-17(13(2)24(12)15-6-4-5-14(21)10-15)20(25)23-18-11-16(29(22,26)27)7-8-19(18)28-3/h4-11H,1-3H3,(H,23,25)(H2,22,26,27). The predicted octanol–water partition coefficient (Wildman–Crippen LogP) is 3.66. The summed E-state index contributed by atoms with van der Waals surface area (Å²) in [5, 5.41) is 8.49. The third-order valence-corrected chi connectivity index (χ3v) is 5.64. The van der Waals surface area contributed by atoms with E-state index < -0.39 is 15.9 Å². The Hall–Kier alpha value is -2.81. The molecule has 0 unspecified atom stereocenters. The highest BCUT2D eigenvalue weighted by atomic mass is 35.5. The number of carbonyl (C=O) groups excluding carboxylic acids is 1. The summed E-state index contributed by atoms with van der Waals surface area (Å²) in [4.78, 5) is 12.8. The molecule has 0 radical (unpaired) electrons. The van der Waals surface area contributed by atoms with Crippen LogP contribution in [0.1, 0.15) is 21.7 Å². The minimum Gasteiger partial charge on any atom is -0.495 e. The summed E-state index contributed by atoms with van der Waals surface area (Å²) in [7, 11) is -2.50. The first kappa shape index (κ1) is 20.9. The number of primary sulfonamides is 1. The number of ether oxygens (including phenoxy) is 1. The second kappa shape index (κ2) is 7.90. The average Bonchev–Trinajstić information content (AvgIpc) is 2.95. The van der Waals surface area contributed by atoms with Gasteiger partial charge < -0.3 is 14.6 Å². The lowest BCUT2D eigenvalue weighted by atomic mass is 10.2. The highest BCUT2D eigenvalue weighted by Crippen LogP contribution is 2.29. The van der Waals surface area contributed by atoms with Crippen molar-refractivity contribution in [3.05, 3.63) is 70.5 Å². The maximum absolute atomic E-state index is 12.9. The zero-order valence-corrected chi connectivity index (χ0v) is 17.6. The molecule has 0 aliphatic heterocycles. The topological polar surface area (TPSA) is 103 Å². The van der Waals surface area contributed by atoms with E-state index in [1.165, 1.54) is 25.3 Å². The molecule has 2 aromatic carbocycles. The normalized spacial score (nSPS) is 11.3. The fourth-order valence-electron chi connectivity index (χ4n) is 3.16. The molecule has 0 bridgehead atoms. The monoisotopic (exact) mass is 433 g/mol. The molecule has 3 aromatic rings. The van der Waals surface area contributed by atoms with E-state index in [4.69, 9.17) is 21.5 Å². The summed E-state index contributed by atoms with van der Waals surface area (Å²) < 4.78 is 30.4. The van der Waals surface area contributed by atoms with Crippen LogP contribution in [-0.2, 0) is 10.0 Å². The van der Waals surface area contributed by atoms with E-state index in [1.54, 1.807) is 12.1 Å². The minimum atomic E-state index is -3.93. The Morgan fingerprint density at radius 2 is 1.86 bits per heavy atom. The molecule has 0 saturated carbocycles. The summed E-state index contributed by atoms with van der Waals surface area (Å²) in [6.07, 6.45) is 0. The van der Waals surface area contributed by atoms with Gasteiger partial charge in [-0.3, -0.25) is 4.79 Å². The van der Waals surface area contributed by atoms with Crippen molar-refractivity contribution < 1.29 is 17.9 Å². The van der Waals surface area contributed by atoms with Gasteiger partial charge in [0.25, 0.3) is 5.91 Å². The first-order chi connectivity index (χ1) is 13.6. The van der Waals surface area contributed by atoms with Crippen molar-refractivity contribution in [2.24, 2.45) is 5.14 Å². The van der Waals surface area contributed by atoms with Crippen LogP contribution < -0.4 is 15.2 Å². The zero-order valence-electron chi connectivity index (χ0n) is 16.1. The van der Waals surface area contributed by atoms with Crippen LogP contribution in [0.2, 0.25) is 5.02 Å². The molecule has 1 aromatic heterocycles. The van der Waals surface area contributed by atoms with Gasteiger partial charge >= 0.3 is 0 Å². The van der Waals surface area contributed by atoms with Crippen LogP contribution in [0.15, 0.2) is 53.4 Å². The van der Waals surface area contributed by atoms with Crippen LogP contribution in [0, 0.1) is 13.8 Å². The Labute approximate surface area is 174 Å². The molecule has 29 heavy (non-hydrogen) atoms. The molecule has 152 valence electrons. The number of aromatic nitrogens is 1. The molecule has 0 spiro atoms. The van der Waals surface area contributed by atoms with Crippen molar-refractivity contribution in [1.29, 1.82) is 0 Å². The molecule has 9 heteroatoms. The molecular formula is C20H20ClN3O4S. The second-order valence-corrected chi connectivity index (χ2v) is 8.46. The Morgan fingerprint density at radius 1 is 1.14 bits per heavy atom. The fraction of sp³-hybridized carbons (Fsp3) is 0.150. The SMILES string of the molecule is COc1ccc(S(N)(=O)=O)cc1NC(=O)c1cc(C)n(-c2cccc(Cl)c2)c1C. The average molecular weight is 434 g/mol. The number of carbonyl (C=O) groups is 1. The number of nitrogens with one attached hydrogen (secondary N) is 1. The van der Waals surface area contributed by atoms with Gasteiger partial charge in [-0.2, -0.15) is 0 Å². The number of nitrogens with zero attached hydrogens (tertiary/aromatic N) is 1. The van der Waals surface area contributed by atoms with E-state index >= 15 is 0 Å². The van der Waals surface area contributed by atoms with Gasteiger partial charge in [0, 0.05) is 22.1 Å². The van der Waals surface area contributed by atoms with Gasteiger partial charge in [-0.1, -0.05) is 17.7 Å². The summed E-state index contributed by atoms with van der Waals surface area (Å²) in [5.74, 6) is -0.0920. The Balaban J connectivity index is 2.00. The van der Waals surface area contributed by atoms with E-state index in [0.29, 0.717) is 22.0 Å². The van der Waals surface area contributed by atoms with Crippen LogP contribution in [0.3, 0.4) is 0 Å². The Bertz CT molecular complexity index is 1200. The number of aryl methyl sites for hydroxylation is 1. The Kier molecular flexibility index (Phi) is 5.70. The van der Waals surface area contributed by atoms with Crippen molar-refractivity contribution in [1.82, 2.24) is 4.57 Å². The summed E-state index contributed by atoms with van der Waals surface area (Å²) in [6, 6.07) is 13.1. The van der Waals surface area contributed by atoms with E-state index in [9.17, 15) is 13.2 Å². The maximum Gasteiger partial charge on any atom is 0.257 e. The molecule has 0 fully saturated rings. The molecule has 1 heterocycles. The van der Waals surface area contributed by atoms with Crippen molar-refractivity contribution in [3.8, 4) is 11.4 Å². The quantitative estimate of drug-likeness (QED) is 0.640. The van der Waals surface area contributed by atoms with Crippen molar-refractivity contribution in [3.63, 3.8) is 0 Å². The second-order valence-electron chi connectivity index (χ2n) is 6.46. The third kappa shape index (κ3) is 4.29. The number of anilines is 1. The molecule has 3 rings (SSSR count). The maximum atomic E-state index is 12.9. The number of rotatable bonds is 5. The van der Waals surface area contributed by atoms with E-state index in [1.807, 2.05) is 36.6 Å². The lowest BCUT2D eigenvalue weighted by Gasteiger charge is -2.12. The molecule has 1 amide bonds. The summed E-state index contributed by atoms with van der Waals surface area (Å²) >= 11 is 6.10. The van der Waals surface area contributed by atoms with Crippen LogP contribution in [-0.4, -0.2) is 26.0 Å². The number of nitrogens with two attached hydrogens (primary N) is 1. The van der Waals surface area contributed by atoms with E-state index in [2.05, 4.69) is 5.32 Å². The predicted molar refractivity (Wildman–Crippen MR) is 113 cm³/mol. The van der Waals surface area contributed by atoms with Crippen molar-refractivity contribution in [2.45, 2.75) is 18.7 Å².